The van der Waals surface area contributed by atoms with Crippen LogP contribution in [0.3, 0.4) is 0 Å². The van der Waals surface area contributed by atoms with Crippen LogP contribution in [0.1, 0.15) is 21.5 Å². The quantitative estimate of drug-likeness (QED) is 0.680. The molecule has 0 N–H and O–H groups in total. The normalized spacial score (nSPS) is 10.2. The molecule has 0 aliphatic rings. The second-order valence-electron chi connectivity index (χ2n) is 5.24. The fourth-order valence-electron chi connectivity index (χ4n) is 2.52. The highest BCUT2D eigenvalue weighted by atomic mass is 16.5. The van der Waals surface area contributed by atoms with Crippen LogP contribution in [0.4, 0.5) is 0 Å². The van der Waals surface area contributed by atoms with E-state index in [4.69, 9.17) is 14.7 Å². The summed E-state index contributed by atoms with van der Waals surface area (Å²) in [5.74, 6) is -0.0161. The first-order valence-corrected chi connectivity index (χ1v) is 7.45. The minimum Gasteiger partial charge on any atom is -0.496 e. The van der Waals surface area contributed by atoms with E-state index >= 15 is 0 Å². The first-order valence-electron chi connectivity index (χ1n) is 7.45. The first-order chi connectivity index (χ1) is 11.7. The number of carbonyl (C=O) groups excluding carboxylic acids is 1. The molecule has 0 radical (unpaired) electrons. The summed E-state index contributed by atoms with van der Waals surface area (Å²) < 4.78 is 10.7. The maximum atomic E-state index is 12.5. The summed E-state index contributed by atoms with van der Waals surface area (Å²) in [6.45, 7) is 0.0402. The standard InChI is InChI=1S/C20H15NO3/c1-23-19-11-15-7-3-2-6-14(15)10-18(19)20(22)24-13-17-9-5-4-8-16(17)12-21/h2-11H,13H2,1H3. The summed E-state index contributed by atoms with van der Waals surface area (Å²) in [5.41, 5.74) is 1.54. The molecule has 0 aliphatic heterocycles. The lowest BCUT2D eigenvalue weighted by atomic mass is 10.1. The van der Waals surface area contributed by atoms with Gasteiger partial charge in [-0.3, -0.25) is 0 Å². The second-order valence-corrected chi connectivity index (χ2v) is 5.24. The Hall–Kier alpha value is -3.32. The van der Waals surface area contributed by atoms with E-state index in [1.165, 1.54) is 7.11 Å². The van der Waals surface area contributed by atoms with E-state index < -0.39 is 5.97 Å². The zero-order valence-electron chi connectivity index (χ0n) is 13.2. The molecule has 3 aromatic rings. The van der Waals surface area contributed by atoms with Crippen molar-refractivity contribution >= 4 is 16.7 Å². The highest BCUT2D eigenvalue weighted by Crippen LogP contribution is 2.27. The Bertz CT molecular complexity index is 941. The Labute approximate surface area is 139 Å². The van der Waals surface area contributed by atoms with Crippen LogP contribution < -0.4 is 4.74 Å². The van der Waals surface area contributed by atoms with Crippen LogP contribution in [0.2, 0.25) is 0 Å². The van der Waals surface area contributed by atoms with Crippen LogP contribution >= 0.6 is 0 Å². The average Bonchev–Trinajstić information content (AvgIpc) is 2.65. The lowest BCUT2D eigenvalue weighted by molar-refractivity contribution is 0.0469. The number of nitrogens with zero attached hydrogens (tertiary/aromatic N) is 1. The van der Waals surface area contributed by atoms with Crippen molar-refractivity contribution in [3.05, 3.63) is 77.4 Å². The number of ether oxygens (including phenoxy) is 2. The molecule has 0 unspecified atom stereocenters. The molecule has 0 saturated carbocycles. The van der Waals surface area contributed by atoms with Crippen molar-refractivity contribution in [3.8, 4) is 11.8 Å². The fourth-order valence-corrected chi connectivity index (χ4v) is 2.52. The van der Waals surface area contributed by atoms with Gasteiger partial charge in [0.05, 0.1) is 18.7 Å². The molecule has 0 atom stereocenters. The predicted octanol–water partition coefficient (Wildman–Crippen LogP) is 4.08. The number of hydrogen-bond acceptors (Lipinski definition) is 4. The van der Waals surface area contributed by atoms with E-state index in [2.05, 4.69) is 6.07 Å². The Morgan fingerprint density at radius 3 is 2.42 bits per heavy atom. The third-order valence-electron chi connectivity index (χ3n) is 3.78. The molecule has 0 fully saturated rings. The largest absolute Gasteiger partial charge is 0.496 e. The van der Waals surface area contributed by atoms with Gasteiger partial charge in [0.15, 0.2) is 0 Å². The Morgan fingerprint density at radius 2 is 1.71 bits per heavy atom. The predicted molar refractivity (Wildman–Crippen MR) is 90.8 cm³/mol. The summed E-state index contributed by atoms with van der Waals surface area (Å²) in [4.78, 5) is 12.5. The van der Waals surface area contributed by atoms with Crippen LogP contribution in [0.25, 0.3) is 10.8 Å². The number of carbonyl (C=O) groups is 1. The minimum atomic E-state index is -0.481. The first kappa shape index (κ1) is 15.6. The number of methoxy groups -OCH3 is 1. The molecule has 4 nitrogen and oxygen atoms in total. The molecule has 0 saturated heterocycles. The van der Waals surface area contributed by atoms with E-state index in [0.717, 1.165) is 10.8 Å². The molecule has 24 heavy (non-hydrogen) atoms. The molecule has 0 spiro atoms. The van der Waals surface area contributed by atoms with Gasteiger partial charge in [0, 0.05) is 5.56 Å². The van der Waals surface area contributed by atoms with Gasteiger partial charge in [0.1, 0.15) is 17.9 Å². The van der Waals surface area contributed by atoms with Crippen molar-refractivity contribution in [1.82, 2.24) is 0 Å². The molecule has 0 aliphatic carbocycles. The van der Waals surface area contributed by atoms with E-state index in [-0.39, 0.29) is 6.61 Å². The lowest BCUT2D eigenvalue weighted by Crippen LogP contribution is -2.08. The van der Waals surface area contributed by atoms with E-state index in [0.29, 0.717) is 22.4 Å². The molecular weight excluding hydrogens is 302 g/mol. The Balaban J connectivity index is 1.87. The van der Waals surface area contributed by atoms with Crippen molar-refractivity contribution in [3.63, 3.8) is 0 Å². The Kier molecular flexibility index (Phi) is 4.44. The monoisotopic (exact) mass is 317 g/mol. The van der Waals surface area contributed by atoms with Gasteiger partial charge in [-0.1, -0.05) is 42.5 Å². The van der Waals surface area contributed by atoms with Gasteiger partial charge < -0.3 is 9.47 Å². The second kappa shape index (κ2) is 6.84. The zero-order chi connectivity index (χ0) is 16.9. The summed E-state index contributed by atoms with van der Waals surface area (Å²) in [5, 5.41) is 11.0. The summed E-state index contributed by atoms with van der Waals surface area (Å²) in [6.07, 6.45) is 0. The number of esters is 1. The van der Waals surface area contributed by atoms with Crippen LogP contribution in [0, 0.1) is 11.3 Å². The molecule has 0 amide bonds. The van der Waals surface area contributed by atoms with E-state index in [9.17, 15) is 4.79 Å². The van der Waals surface area contributed by atoms with Gasteiger partial charge in [0.25, 0.3) is 0 Å². The molecule has 0 heterocycles. The van der Waals surface area contributed by atoms with Crippen molar-refractivity contribution < 1.29 is 14.3 Å². The molecule has 3 aromatic carbocycles. The van der Waals surface area contributed by atoms with Gasteiger partial charge in [-0.25, -0.2) is 4.79 Å². The van der Waals surface area contributed by atoms with Gasteiger partial charge in [-0.2, -0.15) is 5.26 Å². The summed E-state index contributed by atoms with van der Waals surface area (Å²) in [6, 6.07) is 20.4. The molecule has 3 rings (SSSR count). The van der Waals surface area contributed by atoms with Crippen LogP contribution in [-0.4, -0.2) is 13.1 Å². The van der Waals surface area contributed by atoms with E-state index in [1.54, 1.807) is 30.3 Å². The van der Waals surface area contributed by atoms with Gasteiger partial charge in [0.2, 0.25) is 0 Å². The van der Waals surface area contributed by atoms with Gasteiger partial charge >= 0.3 is 5.97 Å². The van der Waals surface area contributed by atoms with Gasteiger partial charge in [-0.05, 0) is 29.0 Å². The van der Waals surface area contributed by atoms with Crippen molar-refractivity contribution in [2.75, 3.05) is 7.11 Å². The van der Waals surface area contributed by atoms with Crippen LogP contribution in [0.15, 0.2) is 60.7 Å². The van der Waals surface area contributed by atoms with Crippen molar-refractivity contribution in [2.45, 2.75) is 6.61 Å². The molecule has 4 heteroatoms. The average molecular weight is 317 g/mol. The molecular formula is C20H15NO3. The van der Waals surface area contributed by atoms with Crippen molar-refractivity contribution in [1.29, 1.82) is 5.26 Å². The number of hydrogen-bond donors (Lipinski definition) is 0. The van der Waals surface area contributed by atoms with Crippen LogP contribution in [0.5, 0.6) is 5.75 Å². The zero-order valence-corrected chi connectivity index (χ0v) is 13.2. The maximum Gasteiger partial charge on any atom is 0.342 e. The SMILES string of the molecule is COc1cc2ccccc2cc1C(=O)OCc1ccccc1C#N. The number of rotatable bonds is 4. The maximum absolute atomic E-state index is 12.5. The summed E-state index contributed by atoms with van der Waals surface area (Å²) in [7, 11) is 1.52. The summed E-state index contributed by atoms with van der Waals surface area (Å²) >= 11 is 0. The molecule has 0 aromatic heterocycles. The van der Waals surface area contributed by atoms with Crippen LogP contribution in [-0.2, 0) is 11.3 Å². The highest BCUT2D eigenvalue weighted by Gasteiger charge is 2.16. The van der Waals surface area contributed by atoms with Crippen molar-refractivity contribution in [2.24, 2.45) is 0 Å². The third kappa shape index (κ3) is 3.06. The Morgan fingerprint density at radius 1 is 1.04 bits per heavy atom. The smallest absolute Gasteiger partial charge is 0.342 e. The van der Waals surface area contributed by atoms with Gasteiger partial charge in [-0.15, -0.1) is 0 Å². The third-order valence-corrected chi connectivity index (χ3v) is 3.78. The minimum absolute atomic E-state index is 0.0402. The number of nitriles is 1. The highest BCUT2D eigenvalue weighted by molar-refractivity contribution is 5.98. The topological polar surface area (TPSA) is 59.3 Å². The lowest BCUT2D eigenvalue weighted by Gasteiger charge is -2.11. The fraction of sp³-hybridized carbons (Fsp3) is 0.100. The van der Waals surface area contributed by atoms with E-state index in [1.807, 2.05) is 30.3 Å². The molecule has 0 bridgehead atoms. The number of benzene rings is 3. The number of fused-ring (bicyclic) bond motifs is 1. The molecule has 118 valence electrons.